The molecule has 3 heterocycles. The molecule has 2 aromatic heterocycles. The summed E-state index contributed by atoms with van der Waals surface area (Å²) < 4.78 is 53.3. The molecule has 32 heavy (non-hydrogen) atoms. The minimum Gasteiger partial charge on any atom is -0.434 e. The Balaban J connectivity index is 1.66. The number of para-hydroxylation sites is 1. The van der Waals surface area contributed by atoms with E-state index in [-0.39, 0.29) is 19.0 Å². The number of benzene rings is 2. The Morgan fingerprint density at radius 3 is 2.78 bits per heavy atom. The Hall–Kier alpha value is -3.04. The molecular weight excluding hydrogens is 439 g/mol. The molecule has 0 radical (unpaired) electrons. The number of alkyl halides is 2. The second kappa shape index (κ2) is 8.48. The van der Waals surface area contributed by atoms with Gasteiger partial charge in [-0.15, -0.1) is 11.8 Å². The molecule has 5 nitrogen and oxygen atoms in total. The zero-order chi connectivity index (χ0) is 22.2. The maximum absolute atomic E-state index is 15.0. The third kappa shape index (κ3) is 3.71. The first kappa shape index (κ1) is 20.8. The van der Waals surface area contributed by atoms with Gasteiger partial charge in [0.05, 0.1) is 28.7 Å². The van der Waals surface area contributed by atoms with Gasteiger partial charge in [0.1, 0.15) is 24.0 Å². The highest BCUT2D eigenvalue weighted by atomic mass is 32.2. The fourth-order valence-corrected chi connectivity index (χ4v) is 4.38. The van der Waals surface area contributed by atoms with Crippen LogP contribution < -0.4 is 4.74 Å². The van der Waals surface area contributed by atoms with Crippen molar-refractivity contribution in [3.8, 4) is 16.9 Å². The minimum atomic E-state index is -2.95. The molecule has 0 fully saturated rings. The topological polar surface area (TPSA) is 49.2 Å². The molecular formula is C23H18F3N3O2S. The molecule has 0 spiro atoms. The lowest BCUT2D eigenvalue weighted by Crippen LogP contribution is -2.25. The summed E-state index contributed by atoms with van der Waals surface area (Å²) in [6.45, 7) is -2.46. The van der Waals surface area contributed by atoms with E-state index in [1.54, 1.807) is 30.5 Å². The molecule has 0 N–H and O–H groups in total. The summed E-state index contributed by atoms with van der Waals surface area (Å²) in [5.74, 6) is 0.256. The van der Waals surface area contributed by atoms with Crippen LogP contribution in [0.1, 0.15) is 17.4 Å². The molecule has 2 aromatic carbocycles. The predicted molar refractivity (Wildman–Crippen MR) is 116 cm³/mol. The second-order valence-corrected chi connectivity index (χ2v) is 8.08. The standard InChI is InChI=1S/C23H18F3N3O2S/c1-32-22-7-6-13(10-27-22)15-8-18-17(9-16(15)24)28-21-12-30-11-19(29(18)21)14-4-2-3-5-20(14)31-23(25)26/h2-10,19,23H,11-12H2,1H3. The number of hydrogen-bond donors (Lipinski definition) is 0. The Morgan fingerprint density at radius 2 is 2.03 bits per heavy atom. The third-order valence-corrected chi connectivity index (χ3v) is 6.08. The van der Waals surface area contributed by atoms with Gasteiger partial charge in [-0.3, -0.25) is 0 Å². The first-order chi connectivity index (χ1) is 15.5. The molecule has 0 aliphatic carbocycles. The highest BCUT2D eigenvalue weighted by Crippen LogP contribution is 2.37. The molecule has 0 saturated carbocycles. The second-order valence-electron chi connectivity index (χ2n) is 7.26. The van der Waals surface area contributed by atoms with Gasteiger partial charge in [-0.2, -0.15) is 8.78 Å². The van der Waals surface area contributed by atoms with Crippen LogP contribution in [-0.2, 0) is 11.3 Å². The zero-order valence-corrected chi connectivity index (χ0v) is 17.8. The van der Waals surface area contributed by atoms with Crippen molar-refractivity contribution in [3.05, 3.63) is 71.9 Å². The molecule has 164 valence electrons. The van der Waals surface area contributed by atoms with Crippen LogP contribution in [0.5, 0.6) is 5.75 Å². The molecule has 1 aliphatic heterocycles. The number of nitrogens with zero attached hydrogens (tertiary/aromatic N) is 3. The van der Waals surface area contributed by atoms with Crippen molar-refractivity contribution in [1.82, 2.24) is 14.5 Å². The monoisotopic (exact) mass is 457 g/mol. The summed E-state index contributed by atoms with van der Waals surface area (Å²) in [4.78, 5) is 8.87. The van der Waals surface area contributed by atoms with Crippen molar-refractivity contribution in [2.24, 2.45) is 0 Å². The van der Waals surface area contributed by atoms with Crippen molar-refractivity contribution >= 4 is 22.8 Å². The molecule has 1 unspecified atom stereocenters. The number of hydrogen-bond acceptors (Lipinski definition) is 5. The number of thioether (sulfide) groups is 1. The minimum absolute atomic E-state index is 0.0741. The lowest BCUT2D eigenvalue weighted by atomic mass is 10.0. The average Bonchev–Trinajstić information content (AvgIpc) is 3.16. The molecule has 1 atom stereocenters. The summed E-state index contributed by atoms with van der Waals surface area (Å²) in [5, 5.41) is 0.838. The number of imidazole rings is 1. The molecule has 0 bridgehead atoms. The first-order valence-electron chi connectivity index (χ1n) is 9.87. The summed E-state index contributed by atoms with van der Waals surface area (Å²) in [5.41, 5.74) is 2.73. The van der Waals surface area contributed by atoms with Crippen molar-refractivity contribution in [2.75, 3.05) is 12.9 Å². The largest absolute Gasteiger partial charge is 0.434 e. The van der Waals surface area contributed by atoms with Crippen LogP contribution >= 0.6 is 11.8 Å². The van der Waals surface area contributed by atoms with Gasteiger partial charge in [0, 0.05) is 29.0 Å². The van der Waals surface area contributed by atoms with Crippen LogP contribution in [0.25, 0.3) is 22.2 Å². The van der Waals surface area contributed by atoms with Gasteiger partial charge < -0.3 is 14.0 Å². The molecule has 4 aromatic rings. The van der Waals surface area contributed by atoms with Crippen molar-refractivity contribution in [3.63, 3.8) is 0 Å². The quantitative estimate of drug-likeness (QED) is 0.361. The Kier molecular flexibility index (Phi) is 5.52. The van der Waals surface area contributed by atoms with E-state index in [4.69, 9.17) is 9.47 Å². The van der Waals surface area contributed by atoms with Crippen molar-refractivity contribution < 1.29 is 22.6 Å². The third-order valence-electron chi connectivity index (χ3n) is 5.42. The van der Waals surface area contributed by atoms with Gasteiger partial charge in [0.25, 0.3) is 0 Å². The summed E-state index contributed by atoms with van der Waals surface area (Å²) in [6, 6.07) is 12.9. The number of aromatic nitrogens is 3. The molecule has 1 aliphatic rings. The normalized spacial score (nSPS) is 15.8. The zero-order valence-electron chi connectivity index (χ0n) is 17.0. The van der Waals surface area contributed by atoms with Crippen molar-refractivity contribution in [2.45, 2.75) is 24.3 Å². The van der Waals surface area contributed by atoms with Crippen LogP contribution in [-0.4, -0.2) is 34.0 Å². The lowest BCUT2D eigenvalue weighted by Gasteiger charge is -2.28. The van der Waals surface area contributed by atoms with E-state index in [1.165, 1.54) is 23.9 Å². The van der Waals surface area contributed by atoms with Crippen LogP contribution in [0, 0.1) is 5.82 Å². The Labute approximate surface area is 186 Å². The fraction of sp³-hybridized carbons (Fsp3) is 0.217. The summed E-state index contributed by atoms with van der Waals surface area (Å²) >= 11 is 1.50. The van der Waals surface area contributed by atoms with Crippen molar-refractivity contribution in [1.29, 1.82) is 0 Å². The van der Waals surface area contributed by atoms with E-state index >= 15 is 0 Å². The van der Waals surface area contributed by atoms with Crippen LogP contribution in [0.3, 0.4) is 0 Å². The lowest BCUT2D eigenvalue weighted by molar-refractivity contribution is -0.0512. The summed E-state index contributed by atoms with van der Waals surface area (Å²) in [6.07, 6.45) is 3.56. The highest BCUT2D eigenvalue weighted by molar-refractivity contribution is 7.98. The van der Waals surface area contributed by atoms with Crippen LogP contribution in [0.4, 0.5) is 13.2 Å². The number of pyridine rings is 1. The van der Waals surface area contributed by atoms with E-state index in [0.717, 1.165) is 5.03 Å². The number of halogens is 3. The predicted octanol–water partition coefficient (Wildman–Crippen LogP) is 5.68. The van der Waals surface area contributed by atoms with Gasteiger partial charge in [-0.1, -0.05) is 24.3 Å². The van der Waals surface area contributed by atoms with Gasteiger partial charge in [0.15, 0.2) is 0 Å². The maximum atomic E-state index is 15.0. The molecule has 5 rings (SSSR count). The van der Waals surface area contributed by atoms with E-state index in [9.17, 15) is 13.2 Å². The van der Waals surface area contributed by atoms with E-state index < -0.39 is 18.5 Å². The molecule has 0 saturated heterocycles. The first-order valence-corrected chi connectivity index (χ1v) is 11.1. The smallest absolute Gasteiger partial charge is 0.387 e. The van der Waals surface area contributed by atoms with E-state index in [2.05, 4.69) is 9.97 Å². The molecule has 0 amide bonds. The SMILES string of the molecule is CSc1ccc(-c2cc3c(cc2F)nc2n3C(c3ccccc3OC(F)F)COC2)cn1. The maximum Gasteiger partial charge on any atom is 0.387 e. The van der Waals surface area contributed by atoms with Gasteiger partial charge in [-0.25, -0.2) is 14.4 Å². The van der Waals surface area contributed by atoms with E-state index in [1.807, 2.05) is 23.0 Å². The number of fused-ring (bicyclic) bond motifs is 3. The van der Waals surface area contributed by atoms with E-state index in [0.29, 0.717) is 33.5 Å². The summed E-state index contributed by atoms with van der Waals surface area (Å²) in [7, 11) is 0. The Bertz CT molecular complexity index is 1280. The average molecular weight is 457 g/mol. The van der Waals surface area contributed by atoms with Gasteiger partial charge in [-0.05, 0) is 24.5 Å². The number of ether oxygens (including phenoxy) is 2. The van der Waals surface area contributed by atoms with Crippen LogP contribution in [0.2, 0.25) is 0 Å². The fourth-order valence-electron chi connectivity index (χ4n) is 4.02. The van der Waals surface area contributed by atoms with Gasteiger partial charge in [0.2, 0.25) is 0 Å². The Morgan fingerprint density at radius 1 is 1.19 bits per heavy atom. The molecule has 9 heteroatoms. The van der Waals surface area contributed by atoms with Crippen LogP contribution in [0.15, 0.2) is 59.8 Å². The van der Waals surface area contributed by atoms with Gasteiger partial charge >= 0.3 is 6.61 Å². The number of rotatable bonds is 5. The highest BCUT2D eigenvalue weighted by Gasteiger charge is 2.29.